The van der Waals surface area contributed by atoms with Crippen molar-refractivity contribution >= 4 is 0 Å². The van der Waals surface area contributed by atoms with Crippen molar-refractivity contribution < 1.29 is 4.39 Å². The van der Waals surface area contributed by atoms with Crippen molar-refractivity contribution in [2.45, 2.75) is 51.6 Å². The minimum atomic E-state index is -0.140. The molecular formula is C15H22FN. The molecule has 1 saturated carbocycles. The molecular weight excluding hydrogens is 213 g/mol. The molecule has 1 aromatic carbocycles. The molecule has 0 amide bonds. The Kier molecular flexibility index (Phi) is 4.55. The first-order chi connectivity index (χ1) is 8.28. The van der Waals surface area contributed by atoms with Gasteiger partial charge in [-0.1, -0.05) is 25.5 Å². The highest BCUT2D eigenvalue weighted by Crippen LogP contribution is 2.26. The average Bonchev–Trinajstić information content (AvgIpc) is 2.37. The van der Waals surface area contributed by atoms with Crippen LogP contribution < -0.4 is 5.32 Å². The van der Waals surface area contributed by atoms with Gasteiger partial charge in [0.15, 0.2) is 0 Å². The number of hydrogen-bond donors (Lipinski definition) is 1. The first kappa shape index (κ1) is 12.6. The van der Waals surface area contributed by atoms with Gasteiger partial charge in [0.1, 0.15) is 5.82 Å². The van der Waals surface area contributed by atoms with E-state index < -0.39 is 0 Å². The summed E-state index contributed by atoms with van der Waals surface area (Å²) in [6.07, 6.45) is 6.55. The Morgan fingerprint density at radius 3 is 2.65 bits per heavy atom. The summed E-state index contributed by atoms with van der Waals surface area (Å²) in [5, 5.41) is 3.54. The van der Waals surface area contributed by atoms with Crippen molar-refractivity contribution in [1.29, 1.82) is 0 Å². The van der Waals surface area contributed by atoms with Crippen molar-refractivity contribution in [2.24, 2.45) is 5.92 Å². The first-order valence-electron chi connectivity index (χ1n) is 6.75. The molecule has 0 aromatic heterocycles. The highest BCUT2D eigenvalue weighted by Gasteiger charge is 2.19. The van der Waals surface area contributed by atoms with Crippen LogP contribution in [0, 0.1) is 11.7 Å². The molecule has 0 spiro atoms. The van der Waals surface area contributed by atoms with E-state index in [1.54, 1.807) is 12.1 Å². The third-order valence-electron chi connectivity index (χ3n) is 3.91. The molecule has 1 aliphatic carbocycles. The van der Waals surface area contributed by atoms with E-state index in [-0.39, 0.29) is 5.82 Å². The Morgan fingerprint density at radius 2 is 2.00 bits per heavy atom. The fourth-order valence-corrected chi connectivity index (χ4v) is 2.68. The molecule has 94 valence electrons. The Balaban J connectivity index is 1.76. The molecule has 1 aromatic rings. The lowest BCUT2D eigenvalue weighted by atomic mass is 9.84. The van der Waals surface area contributed by atoms with Gasteiger partial charge in [0.25, 0.3) is 0 Å². The molecule has 0 radical (unpaired) electrons. The highest BCUT2D eigenvalue weighted by molar-refractivity contribution is 5.16. The van der Waals surface area contributed by atoms with Crippen molar-refractivity contribution in [3.63, 3.8) is 0 Å². The minimum Gasteiger partial charge on any atom is -0.310 e. The number of benzene rings is 1. The third-order valence-corrected chi connectivity index (χ3v) is 3.91. The van der Waals surface area contributed by atoms with E-state index in [0.29, 0.717) is 6.04 Å². The topological polar surface area (TPSA) is 12.0 Å². The van der Waals surface area contributed by atoms with Gasteiger partial charge in [-0.05, 0) is 49.3 Å². The van der Waals surface area contributed by atoms with Gasteiger partial charge in [-0.3, -0.25) is 0 Å². The summed E-state index contributed by atoms with van der Waals surface area (Å²) in [5.74, 6) is 0.793. The molecule has 0 saturated heterocycles. The quantitative estimate of drug-likeness (QED) is 0.835. The Bertz CT molecular complexity index is 343. The van der Waals surface area contributed by atoms with Gasteiger partial charge < -0.3 is 5.32 Å². The standard InChI is InChI=1S/C15H22FN/c1-2-12-6-8-15(9-7-12)17-11-13-4-3-5-14(16)10-13/h3-5,10,12,15,17H,2,6-9,11H2,1H3. The molecule has 0 unspecified atom stereocenters. The van der Waals surface area contributed by atoms with Crippen LogP contribution in [0.5, 0.6) is 0 Å². The number of hydrogen-bond acceptors (Lipinski definition) is 1. The van der Waals surface area contributed by atoms with Crippen LogP contribution >= 0.6 is 0 Å². The zero-order chi connectivity index (χ0) is 12.1. The summed E-state index contributed by atoms with van der Waals surface area (Å²) in [4.78, 5) is 0. The van der Waals surface area contributed by atoms with Crippen LogP contribution in [0.25, 0.3) is 0 Å². The Labute approximate surface area is 103 Å². The van der Waals surface area contributed by atoms with E-state index in [4.69, 9.17) is 0 Å². The molecule has 0 aliphatic heterocycles. The lowest BCUT2D eigenvalue weighted by Gasteiger charge is -2.28. The monoisotopic (exact) mass is 235 g/mol. The van der Waals surface area contributed by atoms with E-state index in [0.717, 1.165) is 18.0 Å². The van der Waals surface area contributed by atoms with Gasteiger partial charge >= 0.3 is 0 Å². The summed E-state index contributed by atoms with van der Waals surface area (Å²) < 4.78 is 13.0. The maximum absolute atomic E-state index is 13.0. The fourth-order valence-electron chi connectivity index (χ4n) is 2.68. The summed E-state index contributed by atoms with van der Waals surface area (Å²) in [7, 11) is 0. The largest absolute Gasteiger partial charge is 0.310 e. The van der Waals surface area contributed by atoms with Crippen molar-refractivity contribution in [3.8, 4) is 0 Å². The van der Waals surface area contributed by atoms with E-state index in [9.17, 15) is 4.39 Å². The van der Waals surface area contributed by atoms with Crippen molar-refractivity contribution in [2.75, 3.05) is 0 Å². The second-order valence-corrected chi connectivity index (χ2v) is 5.14. The number of rotatable bonds is 4. The summed E-state index contributed by atoms with van der Waals surface area (Å²) >= 11 is 0. The Morgan fingerprint density at radius 1 is 1.24 bits per heavy atom. The maximum atomic E-state index is 13.0. The van der Waals surface area contributed by atoms with Crippen LogP contribution in [0.3, 0.4) is 0 Å². The van der Waals surface area contributed by atoms with E-state index in [1.165, 1.54) is 38.2 Å². The smallest absolute Gasteiger partial charge is 0.123 e. The zero-order valence-corrected chi connectivity index (χ0v) is 10.6. The molecule has 2 rings (SSSR count). The molecule has 2 heteroatoms. The van der Waals surface area contributed by atoms with Gasteiger partial charge in [-0.2, -0.15) is 0 Å². The predicted molar refractivity (Wildman–Crippen MR) is 69.3 cm³/mol. The van der Waals surface area contributed by atoms with E-state index in [1.807, 2.05) is 6.07 Å². The van der Waals surface area contributed by atoms with E-state index in [2.05, 4.69) is 12.2 Å². The Hall–Kier alpha value is -0.890. The molecule has 0 bridgehead atoms. The molecule has 17 heavy (non-hydrogen) atoms. The molecule has 0 heterocycles. The van der Waals surface area contributed by atoms with Gasteiger partial charge in [0, 0.05) is 12.6 Å². The predicted octanol–water partition coefficient (Wildman–Crippen LogP) is 3.88. The SMILES string of the molecule is CCC1CCC(NCc2cccc(F)c2)CC1. The lowest BCUT2D eigenvalue weighted by molar-refractivity contribution is 0.285. The van der Waals surface area contributed by atoms with Crippen LogP contribution in [0.2, 0.25) is 0 Å². The second-order valence-electron chi connectivity index (χ2n) is 5.14. The van der Waals surface area contributed by atoms with Crippen LogP contribution in [-0.4, -0.2) is 6.04 Å². The zero-order valence-electron chi connectivity index (χ0n) is 10.6. The van der Waals surface area contributed by atoms with Crippen LogP contribution in [0.15, 0.2) is 24.3 Å². The van der Waals surface area contributed by atoms with Crippen LogP contribution in [0.1, 0.15) is 44.6 Å². The normalized spacial score (nSPS) is 24.8. The fraction of sp³-hybridized carbons (Fsp3) is 0.600. The minimum absolute atomic E-state index is 0.140. The summed E-state index contributed by atoms with van der Waals surface area (Å²) in [6.45, 7) is 3.07. The molecule has 1 nitrogen and oxygen atoms in total. The molecule has 1 N–H and O–H groups in total. The summed E-state index contributed by atoms with van der Waals surface area (Å²) in [6, 6.07) is 7.50. The molecule has 1 fully saturated rings. The number of halogens is 1. The van der Waals surface area contributed by atoms with Crippen molar-refractivity contribution in [3.05, 3.63) is 35.6 Å². The number of nitrogens with one attached hydrogen (secondary N) is 1. The van der Waals surface area contributed by atoms with Gasteiger partial charge in [0.05, 0.1) is 0 Å². The van der Waals surface area contributed by atoms with Crippen molar-refractivity contribution in [1.82, 2.24) is 5.32 Å². The second kappa shape index (κ2) is 6.15. The van der Waals surface area contributed by atoms with Crippen LogP contribution in [-0.2, 0) is 6.54 Å². The first-order valence-corrected chi connectivity index (χ1v) is 6.75. The van der Waals surface area contributed by atoms with Gasteiger partial charge in [-0.15, -0.1) is 0 Å². The van der Waals surface area contributed by atoms with Crippen LogP contribution in [0.4, 0.5) is 4.39 Å². The molecule has 0 atom stereocenters. The average molecular weight is 235 g/mol. The maximum Gasteiger partial charge on any atom is 0.123 e. The van der Waals surface area contributed by atoms with Gasteiger partial charge in [-0.25, -0.2) is 4.39 Å². The van der Waals surface area contributed by atoms with E-state index >= 15 is 0 Å². The third kappa shape index (κ3) is 3.81. The summed E-state index contributed by atoms with van der Waals surface area (Å²) in [5.41, 5.74) is 1.04. The molecule has 1 aliphatic rings. The highest BCUT2D eigenvalue weighted by atomic mass is 19.1. The van der Waals surface area contributed by atoms with Gasteiger partial charge in [0.2, 0.25) is 0 Å². The lowest BCUT2D eigenvalue weighted by Crippen LogP contribution is -2.32.